The second-order valence-corrected chi connectivity index (χ2v) is 9.29. The van der Waals surface area contributed by atoms with E-state index in [2.05, 4.69) is 23.4 Å². The van der Waals surface area contributed by atoms with Crippen molar-refractivity contribution in [1.29, 1.82) is 0 Å². The average molecular weight is 443 g/mol. The van der Waals surface area contributed by atoms with E-state index in [-0.39, 0.29) is 10.8 Å². The van der Waals surface area contributed by atoms with Crippen molar-refractivity contribution in [2.45, 2.75) is 14.7 Å². The number of hydrogen-bond acceptors (Lipinski definition) is 6. The van der Waals surface area contributed by atoms with Gasteiger partial charge >= 0.3 is 0 Å². The molecule has 15 nitrogen and oxygen atoms in total. The molecule has 0 aliphatic rings. The SMILES string of the molecule is [N-]=[N+]=NS(=O)(=O)c1cc2ccccc2c(S(=O)(=O)N=[N+]=[N-])c1S(=O)(=O)N=[N+]=[N-]. The van der Waals surface area contributed by atoms with Gasteiger partial charge in [-0.05, 0) is 28.0 Å². The Kier molecular flexibility index (Phi) is 5.38. The van der Waals surface area contributed by atoms with Crippen molar-refractivity contribution in [3.8, 4) is 0 Å². The van der Waals surface area contributed by atoms with E-state index in [0.717, 1.165) is 6.07 Å². The zero-order valence-corrected chi connectivity index (χ0v) is 15.5. The summed E-state index contributed by atoms with van der Waals surface area (Å²) >= 11 is 0. The van der Waals surface area contributed by atoms with Crippen molar-refractivity contribution in [3.05, 3.63) is 61.7 Å². The monoisotopic (exact) mass is 443 g/mol. The molecule has 0 aliphatic heterocycles. The Morgan fingerprint density at radius 3 is 1.68 bits per heavy atom. The number of benzene rings is 2. The molecule has 0 spiro atoms. The Morgan fingerprint density at radius 2 is 1.14 bits per heavy atom. The summed E-state index contributed by atoms with van der Waals surface area (Å²) < 4.78 is 81.7. The minimum Gasteiger partial charge on any atom is -0.216 e. The van der Waals surface area contributed by atoms with Crippen LogP contribution in [0.5, 0.6) is 0 Å². The smallest absolute Gasteiger partial charge is 0.216 e. The third-order valence-electron chi connectivity index (χ3n) is 3.15. The number of hydrogen-bond donors (Lipinski definition) is 0. The van der Waals surface area contributed by atoms with Crippen LogP contribution in [0.15, 0.2) is 58.6 Å². The van der Waals surface area contributed by atoms with Crippen LogP contribution in [0.2, 0.25) is 0 Å². The lowest BCUT2D eigenvalue weighted by molar-refractivity contribution is 0.576. The van der Waals surface area contributed by atoms with Crippen molar-refractivity contribution in [2.24, 2.45) is 13.6 Å². The summed E-state index contributed by atoms with van der Waals surface area (Å²) in [6.45, 7) is 0. The Bertz CT molecular complexity index is 1460. The highest BCUT2D eigenvalue weighted by molar-refractivity contribution is 7.94. The number of sulfonamides is 3. The molecule has 0 N–H and O–H groups in total. The summed E-state index contributed by atoms with van der Waals surface area (Å²) in [6, 6.07) is 5.72. The lowest BCUT2D eigenvalue weighted by Crippen LogP contribution is -2.12. The van der Waals surface area contributed by atoms with Gasteiger partial charge in [-0.25, -0.2) is 25.3 Å². The predicted octanol–water partition coefficient (Wildman–Crippen LogP) is 2.84. The van der Waals surface area contributed by atoms with Crippen molar-refractivity contribution in [3.63, 3.8) is 0 Å². The average Bonchev–Trinajstić information content (AvgIpc) is 2.59. The fourth-order valence-corrected chi connectivity index (χ4v) is 6.18. The molecule has 0 aromatic heterocycles. The molecule has 0 heterocycles. The van der Waals surface area contributed by atoms with Crippen LogP contribution in [0.3, 0.4) is 0 Å². The van der Waals surface area contributed by atoms with E-state index in [9.17, 15) is 25.3 Å². The summed E-state index contributed by atoms with van der Waals surface area (Å²) in [5.41, 5.74) is 25.4. The summed E-state index contributed by atoms with van der Waals surface area (Å²) in [4.78, 5) is 2.17. The lowest BCUT2D eigenvalue weighted by atomic mass is 10.1. The number of azide groups is 3. The van der Waals surface area contributed by atoms with E-state index in [1.165, 1.54) is 18.2 Å². The fraction of sp³-hybridized carbons (Fsp3) is 0. The molecule has 2 rings (SSSR count). The van der Waals surface area contributed by atoms with Crippen molar-refractivity contribution < 1.29 is 25.3 Å². The van der Waals surface area contributed by atoms with E-state index in [1.54, 1.807) is 0 Å². The summed E-state index contributed by atoms with van der Waals surface area (Å²) in [5.74, 6) is 0. The van der Waals surface area contributed by atoms with Crippen LogP contribution in [-0.4, -0.2) is 25.3 Å². The third-order valence-corrected chi connectivity index (χ3v) is 7.03. The second kappa shape index (κ2) is 7.24. The number of rotatable bonds is 6. The molecular weight excluding hydrogens is 438 g/mol. The zero-order valence-electron chi connectivity index (χ0n) is 13.1. The Labute approximate surface area is 156 Å². The first kappa shape index (κ1) is 20.8. The molecule has 2 aromatic rings. The highest BCUT2D eigenvalue weighted by Gasteiger charge is 2.35. The van der Waals surface area contributed by atoms with Crippen molar-refractivity contribution in [1.82, 2.24) is 0 Å². The molecule has 0 saturated heterocycles. The van der Waals surface area contributed by atoms with Gasteiger partial charge in [-0.2, -0.15) is 0 Å². The largest absolute Gasteiger partial charge is 0.266 e. The van der Waals surface area contributed by atoms with E-state index in [4.69, 9.17) is 16.6 Å². The molecule has 28 heavy (non-hydrogen) atoms. The first-order valence-corrected chi connectivity index (χ1v) is 10.8. The highest BCUT2D eigenvalue weighted by atomic mass is 32.2. The molecule has 0 amide bonds. The molecule has 0 bridgehead atoms. The van der Waals surface area contributed by atoms with Gasteiger partial charge < -0.3 is 0 Å². The van der Waals surface area contributed by atoms with Gasteiger partial charge in [-0.3, -0.25) is 0 Å². The van der Waals surface area contributed by atoms with E-state index in [1.807, 2.05) is 4.91 Å². The van der Waals surface area contributed by atoms with E-state index in [0.29, 0.717) is 6.07 Å². The van der Waals surface area contributed by atoms with Crippen LogP contribution in [0.25, 0.3) is 42.1 Å². The Hall–Kier alpha value is -3.52. The summed E-state index contributed by atoms with van der Waals surface area (Å²) in [7, 11) is -15.5. The van der Waals surface area contributed by atoms with E-state index >= 15 is 0 Å². The van der Waals surface area contributed by atoms with E-state index < -0.39 is 44.8 Å². The van der Waals surface area contributed by atoms with Gasteiger partial charge in [-0.1, -0.05) is 24.3 Å². The maximum atomic E-state index is 12.4. The van der Waals surface area contributed by atoms with Gasteiger partial charge in [0.15, 0.2) is 0 Å². The van der Waals surface area contributed by atoms with Gasteiger partial charge in [0.1, 0.15) is 9.79 Å². The number of nitrogens with zero attached hydrogens (tertiary/aromatic N) is 9. The fourth-order valence-electron chi connectivity index (χ4n) is 2.23. The molecule has 0 saturated carbocycles. The van der Waals surface area contributed by atoms with Crippen molar-refractivity contribution in [2.75, 3.05) is 0 Å². The Morgan fingerprint density at radius 1 is 0.679 bits per heavy atom. The first-order chi connectivity index (χ1) is 13.0. The van der Waals surface area contributed by atoms with Gasteiger partial charge in [0, 0.05) is 33.7 Å². The Balaban J connectivity index is 3.40. The topological polar surface area (TPSA) is 249 Å². The van der Waals surface area contributed by atoms with Crippen LogP contribution in [0, 0.1) is 0 Å². The molecule has 0 aliphatic carbocycles. The maximum absolute atomic E-state index is 12.4. The van der Waals surface area contributed by atoms with Gasteiger partial charge in [-0.15, -0.1) is 0 Å². The molecule has 2 aromatic carbocycles. The second-order valence-electron chi connectivity index (χ2n) is 4.69. The number of fused-ring (bicyclic) bond motifs is 1. The van der Waals surface area contributed by atoms with Crippen LogP contribution in [-0.2, 0) is 30.1 Å². The molecular formula is C10H5N9O6S3. The van der Waals surface area contributed by atoms with Crippen LogP contribution in [0.4, 0.5) is 0 Å². The van der Waals surface area contributed by atoms with Crippen LogP contribution < -0.4 is 0 Å². The zero-order chi connectivity index (χ0) is 21.2. The van der Waals surface area contributed by atoms with Crippen molar-refractivity contribution >= 4 is 40.8 Å². The maximum Gasteiger partial charge on any atom is 0.266 e. The van der Waals surface area contributed by atoms with Gasteiger partial charge in [0.05, 0.1) is 4.90 Å². The third kappa shape index (κ3) is 3.63. The molecule has 0 fully saturated rings. The van der Waals surface area contributed by atoms with Crippen LogP contribution in [0.1, 0.15) is 0 Å². The van der Waals surface area contributed by atoms with Crippen LogP contribution >= 0.6 is 0 Å². The molecule has 0 radical (unpaired) electrons. The lowest BCUT2D eigenvalue weighted by Gasteiger charge is -2.13. The summed E-state index contributed by atoms with van der Waals surface area (Å²) in [6.07, 6.45) is 0. The highest BCUT2D eigenvalue weighted by Crippen LogP contribution is 2.38. The summed E-state index contributed by atoms with van der Waals surface area (Å²) in [5, 5.41) is -0.456. The first-order valence-electron chi connectivity index (χ1n) is 6.51. The minimum atomic E-state index is -5.28. The molecule has 0 atom stereocenters. The normalized spacial score (nSPS) is 11.7. The quantitative estimate of drug-likeness (QED) is 0.368. The van der Waals surface area contributed by atoms with Gasteiger partial charge in [0.2, 0.25) is 0 Å². The predicted molar refractivity (Wildman–Crippen MR) is 92.9 cm³/mol. The molecule has 18 heteroatoms. The van der Waals surface area contributed by atoms with Gasteiger partial charge in [0.25, 0.3) is 30.1 Å². The minimum absolute atomic E-state index is 0.110. The molecule has 144 valence electrons. The standard InChI is InChI=1S/C10H5N9O6S3/c11-14-17-26(20,21)8-5-6-3-1-2-4-7(6)9(27(22,23)18-15-12)10(8)28(24,25)19-16-13/h1-5H. The molecule has 0 unspecified atom stereocenters.